The highest BCUT2D eigenvalue weighted by Crippen LogP contribution is 2.17. The van der Waals surface area contributed by atoms with Crippen molar-refractivity contribution in [1.82, 2.24) is 4.98 Å². The second-order valence-electron chi connectivity index (χ2n) is 2.51. The molecule has 0 aliphatic carbocycles. The van der Waals surface area contributed by atoms with Gasteiger partial charge in [0.05, 0.1) is 6.54 Å². The Morgan fingerprint density at radius 3 is 3.31 bits per heavy atom. The number of para-hydroxylation sites is 1. The molecular formula is C8H6N4O. The molecule has 0 radical (unpaired) electrons. The Labute approximate surface area is 73.6 Å². The molecule has 0 N–H and O–H groups in total. The minimum atomic E-state index is 0.306. The Kier molecular flexibility index (Phi) is 1.86. The minimum absolute atomic E-state index is 0.306. The summed E-state index contributed by atoms with van der Waals surface area (Å²) in [7, 11) is 0. The zero-order valence-electron chi connectivity index (χ0n) is 6.71. The van der Waals surface area contributed by atoms with Crippen LogP contribution >= 0.6 is 0 Å². The van der Waals surface area contributed by atoms with E-state index in [0.29, 0.717) is 12.1 Å². The number of hydrogen-bond acceptors (Lipinski definition) is 3. The molecule has 5 nitrogen and oxygen atoms in total. The highest BCUT2D eigenvalue weighted by Gasteiger charge is 2.02. The van der Waals surface area contributed by atoms with Gasteiger partial charge in [-0.1, -0.05) is 17.2 Å². The van der Waals surface area contributed by atoms with Gasteiger partial charge >= 0.3 is 0 Å². The Bertz CT molecular complexity index is 470. The van der Waals surface area contributed by atoms with E-state index >= 15 is 0 Å². The molecular weight excluding hydrogens is 168 g/mol. The van der Waals surface area contributed by atoms with Crippen molar-refractivity contribution < 1.29 is 4.42 Å². The third-order valence-corrected chi connectivity index (χ3v) is 1.75. The summed E-state index contributed by atoms with van der Waals surface area (Å²) in [5.41, 5.74) is 10.5. The second-order valence-corrected chi connectivity index (χ2v) is 2.51. The van der Waals surface area contributed by atoms with E-state index in [1.807, 2.05) is 18.2 Å². The van der Waals surface area contributed by atoms with Crippen molar-refractivity contribution in [3.8, 4) is 0 Å². The van der Waals surface area contributed by atoms with Gasteiger partial charge in [0.1, 0.15) is 5.52 Å². The summed E-state index contributed by atoms with van der Waals surface area (Å²) in [5, 5.41) is 3.47. The van der Waals surface area contributed by atoms with E-state index in [2.05, 4.69) is 15.0 Å². The SMILES string of the molecule is [N-]=[N+]=NCc1cccc2ocnc12. The standard InChI is InChI=1S/C8H6N4O/c9-12-11-4-6-2-1-3-7-8(6)10-5-13-7/h1-3,5H,4H2. The quantitative estimate of drug-likeness (QED) is 0.398. The fourth-order valence-corrected chi connectivity index (χ4v) is 1.18. The number of azide groups is 1. The molecule has 0 spiro atoms. The smallest absolute Gasteiger partial charge is 0.181 e. The van der Waals surface area contributed by atoms with Gasteiger partial charge in [-0.25, -0.2) is 4.98 Å². The van der Waals surface area contributed by atoms with Gasteiger partial charge in [0, 0.05) is 4.91 Å². The zero-order chi connectivity index (χ0) is 9.10. The largest absolute Gasteiger partial charge is 0.443 e. The second kappa shape index (κ2) is 3.16. The molecule has 0 amide bonds. The van der Waals surface area contributed by atoms with Crippen LogP contribution in [-0.4, -0.2) is 4.98 Å². The van der Waals surface area contributed by atoms with Crippen LogP contribution in [0.15, 0.2) is 34.1 Å². The van der Waals surface area contributed by atoms with Crippen molar-refractivity contribution in [2.24, 2.45) is 5.11 Å². The van der Waals surface area contributed by atoms with Crippen LogP contribution in [0.5, 0.6) is 0 Å². The van der Waals surface area contributed by atoms with Crippen LogP contribution in [0.4, 0.5) is 0 Å². The summed E-state index contributed by atoms with van der Waals surface area (Å²) in [6.07, 6.45) is 1.38. The molecule has 0 saturated carbocycles. The van der Waals surface area contributed by atoms with Crippen molar-refractivity contribution >= 4 is 11.1 Å². The maximum atomic E-state index is 8.16. The molecule has 0 aliphatic rings. The molecule has 1 heterocycles. The van der Waals surface area contributed by atoms with Crippen molar-refractivity contribution in [2.45, 2.75) is 6.54 Å². The van der Waals surface area contributed by atoms with E-state index in [1.54, 1.807) is 0 Å². The summed E-state index contributed by atoms with van der Waals surface area (Å²) in [6.45, 7) is 0.306. The molecule has 5 heteroatoms. The van der Waals surface area contributed by atoms with E-state index in [0.717, 1.165) is 11.1 Å². The molecule has 0 unspecified atom stereocenters. The average Bonchev–Trinajstić information content (AvgIpc) is 2.62. The number of aromatic nitrogens is 1. The number of oxazole rings is 1. The fraction of sp³-hybridized carbons (Fsp3) is 0.125. The molecule has 13 heavy (non-hydrogen) atoms. The Balaban J connectivity index is 2.54. The molecule has 0 atom stereocenters. The molecule has 1 aromatic heterocycles. The first-order valence-corrected chi connectivity index (χ1v) is 3.74. The summed E-state index contributed by atoms with van der Waals surface area (Å²) < 4.78 is 5.09. The third kappa shape index (κ3) is 1.32. The van der Waals surface area contributed by atoms with Crippen molar-refractivity contribution in [3.63, 3.8) is 0 Å². The lowest BCUT2D eigenvalue weighted by molar-refractivity contribution is 0.602. The maximum absolute atomic E-state index is 8.16. The molecule has 2 aromatic rings. The number of fused-ring (bicyclic) bond motifs is 1. The van der Waals surface area contributed by atoms with E-state index in [-0.39, 0.29) is 0 Å². The van der Waals surface area contributed by atoms with E-state index in [1.165, 1.54) is 6.39 Å². The zero-order valence-corrected chi connectivity index (χ0v) is 6.71. The number of hydrogen-bond donors (Lipinski definition) is 0. The van der Waals surface area contributed by atoms with Crippen molar-refractivity contribution in [1.29, 1.82) is 0 Å². The van der Waals surface area contributed by atoms with Crippen LogP contribution in [-0.2, 0) is 6.54 Å². The predicted molar refractivity (Wildman–Crippen MR) is 46.9 cm³/mol. The van der Waals surface area contributed by atoms with E-state index in [9.17, 15) is 0 Å². The molecule has 0 aliphatic heterocycles. The van der Waals surface area contributed by atoms with Crippen LogP contribution in [0.2, 0.25) is 0 Å². The van der Waals surface area contributed by atoms with Gasteiger partial charge < -0.3 is 4.42 Å². The molecule has 0 saturated heterocycles. The average molecular weight is 174 g/mol. The lowest BCUT2D eigenvalue weighted by Gasteiger charge is -1.94. The monoisotopic (exact) mass is 174 g/mol. The van der Waals surface area contributed by atoms with Crippen LogP contribution in [0.25, 0.3) is 21.5 Å². The summed E-state index contributed by atoms with van der Waals surface area (Å²) in [4.78, 5) is 6.71. The number of rotatable bonds is 2. The van der Waals surface area contributed by atoms with E-state index < -0.39 is 0 Å². The molecule has 0 bridgehead atoms. The molecule has 2 rings (SSSR count). The highest BCUT2D eigenvalue weighted by molar-refractivity contribution is 5.75. The minimum Gasteiger partial charge on any atom is -0.443 e. The first kappa shape index (κ1) is 7.64. The van der Waals surface area contributed by atoms with Crippen LogP contribution in [0.3, 0.4) is 0 Å². The van der Waals surface area contributed by atoms with Crippen LogP contribution in [0.1, 0.15) is 5.56 Å². The van der Waals surface area contributed by atoms with Crippen molar-refractivity contribution in [2.75, 3.05) is 0 Å². The van der Waals surface area contributed by atoms with Crippen LogP contribution < -0.4 is 0 Å². The first-order chi connectivity index (χ1) is 6.42. The third-order valence-electron chi connectivity index (χ3n) is 1.75. The normalized spacial score (nSPS) is 9.85. The fourth-order valence-electron chi connectivity index (χ4n) is 1.18. The van der Waals surface area contributed by atoms with Crippen LogP contribution in [0, 0.1) is 0 Å². The Hall–Kier alpha value is -2.00. The van der Waals surface area contributed by atoms with Gasteiger partial charge in [0.25, 0.3) is 0 Å². The van der Waals surface area contributed by atoms with Gasteiger partial charge in [-0.3, -0.25) is 0 Å². The lowest BCUT2D eigenvalue weighted by atomic mass is 10.2. The summed E-state index contributed by atoms with van der Waals surface area (Å²) >= 11 is 0. The topological polar surface area (TPSA) is 74.8 Å². The molecule has 1 aromatic carbocycles. The number of nitrogens with zero attached hydrogens (tertiary/aromatic N) is 4. The molecule has 0 fully saturated rings. The van der Waals surface area contributed by atoms with Gasteiger partial charge in [-0.15, -0.1) is 0 Å². The summed E-state index contributed by atoms with van der Waals surface area (Å²) in [5.74, 6) is 0. The van der Waals surface area contributed by atoms with Crippen molar-refractivity contribution in [3.05, 3.63) is 40.6 Å². The van der Waals surface area contributed by atoms with Gasteiger partial charge in [-0.2, -0.15) is 0 Å². The Morgan fingerprint density at radius 2 is 2.46 bits per heavy atom. The highest BCUT2D eigenvalue weighted by atomic mass is 16.3. The first-order valence-electron chi connectivity index (χ1n) is 3.74. The van der Waals surface area contributed by atoms with E-state index in [4.69, 9.17) is 9.95 Å². The Morgan fingerprint density at radius 1 is 1.54 bits per heavy atom. The summed E-state index contributed by atoms with van der Waals surface area (Å²) in [6, 6.07) is 5.52. The maximum Gasteiger partial charge on any atom is 0.181 e. The number of benzene rings is 1. The van der Waals surface area contributed by atoms with Gasteiger partial charge in [-0.05, 0) is 17.2 Å². The predicted octanol–water partition coefficient (Wildman–Crippen LogP) is 2.64. The lowest BCUT2D eigenvalue weighted by Crippen LogP contribution is -1.81. The van der Waals surface area contributed by atoms with Gasteiger partial charge in [0.2, 0.25) is 0 Å². The van der Waals surface area contributed by atoms with Gasteiger partial charge in [0.15, 0.2) is 12.0 Å². The molecule has 64 valence electrons.